The van der Waals surface area contributed by atoms with Crippen LogP contribution >= 0.6 is 0 Å². The molecule has 8 nitrogen and oxygen atoms in total. The van der Waals surface area contributed by atoms with Crippen molar-refractivity contribution in [3.63, 3.8) is 0 Å². The number of nitrogens with zero attached hydrogens (tertiary/aromatic N) is 3. The third-order valence-corrected chi connectivity index (χ3v) is 5.43. The number of carbonyl (C=O) groups is 2. The molecule has 1 aliphatic rings. The Morgan fingerprint density at radius 1 is 1.22 bits per heavy atom. The first-order valence-corrected chi connectivity index (χ1v) is 11.3. The van der Waals surface area contributed by atoms with E-state index in [0.29, 0.717) is 25.1 Å². The molecule has 2 aromatic rings. The van der Waals surface area contributed by atoms with Crippen molar-refractivity contribution in [1.29, 1.82) is 0 Å². The second-order valence-electron chi connectivity index (χ2n) is 10.6. The molecule has 8 heteroatoms. The zero-order valence-electron chi connectivity index (χ0n) is 20.2. The van der Waals surface area contributed by atoms with Crippen molar-refractivity contribution in [2.75, 3.05) is 6.54 Å². The molecule has 0 unspecified atom stereocenters. The summed E-state index contributed by atoms with van der Waals surface area (Å²) < 4.78 is 7.42. The van der Waals surface area contributed by atoms with Gasteiger partial charge in [-0.05, 0) is 67.4 Å². The van der Waals surface area contributed by atoms with E-state index in [-0.39, 0.29) is 24.0 Å². The number of carbonyl (C=O) groups excluding carboxylic acids is 2. The number of rotatable bonds is 5. The maximum absolute atomic E-state index is 13.2. The number of benzene rings is 1. The number of ether oxygens (including phenoxy) is 1. The summed E-state index contributed by atoms with van der Waals surface area (Å²) in [6, 6.07) is 7.30. The Bertz CT molecular complexity index is 984. The third kappa shape index (κ3) is 5.59. The number of hydrogen-bond donors (Lipinski definition) is 2. The lowest BCUT2D eigenvalue weighted by Crippen LogP contribution is -2.43. The second-order valence-corrected chi connectivity index (χ2v) is 10.6. The average molecular weight is 445 g/mol. The van der Waals surface area contributed by atoms with Crippen molar-refractivity contribution in [2.45, 2.75) is 90.6 Å². The SMILES string of the molecule is CC(C)n1nc(C(=O)N[C@H]2C[C@@H](CC(C)(C)O)N(C(=O)OC(C)(C)C)C2)c2ccccc21. The van der Waals surface area contributed by atoms with Crippen LogP contribution in [0.4, 0.5) is 4.79 Å². The molecular weight excluding hydrogens is 408 g/mol. The summed E-state index contributed by atoms with van der Waals surface area (Å²) in [6.07, 6.45) is 0.499. The minimum atomic E-state index is -0.948. The van der Waals surface area contributed by atoms with Gasteiger partial charge in [-0.15, -0.1) is 0 Å². The molecule has 1 aromatic heterocycles. The first-order chi connectivity index (χ1) is 14.7. The molecule has 0 saturated carbocycles. The van der Waals surface area contributed by atoms with E-state index < -0.39 is 17.3 Å². The van der Waals surface area contributed by atoms with E-state index in [4.69, 9.17) is 4.74 Å². The van der Waals surface area contributed by atoms with Crippen molar-refractivity contribution >= 4 is 22.9 Å². The Hall–Kier alpha value is -2.61. The number of nitrogens with one attached hydrogen (secondary N) is 1. The zero-order chi connectivity index (χ0) is 23.8. The van der Waals surface area contributed by atoms with Crippen LogP contribution in [0.2, 0.25) is 0 Å². The van der Waals surface area contributed by atoms with Gasteiger partial charge in [-0.1, -0.05) is 18.2 Å². The number of likely N-dealkylation sites (tertiary alicyclic amines) is 1. The number of amides is 2. The molecule has 1 fully saturated rings. The molecule has 0 aliphatic carbocycles. The molecule has 0 bridgehead atoms. The molecule has 1 aromatic carbocycles. The van der Waals surface area contributed by atoms with Crippen LogP contribution in [0.5, 0.6) is 0 Å². The lowest BCUT2D eigenvalue weighted by atomic mass is 9.97. The van der Waals surface area contributed by atoms with E-state index >= 15 is 0 Å². The normalized spacial score (nSPS) is 19.6. The van der Waals surface area contributed by atoms with E-state index in [1.165, 1.54) is 0 Å². The number of aliphatic hydroxyl groups is 1. The highest BCUT2D eigenvalue weighted by Crippen LogP contribution is 2.28. The predicted octanol–water partition coefficient (Wildman–Crippen LogP) is 3.89. The van der Waals surface area contributed by atoms with Crippen molar-refractivity contribution in [3.05, 3.63) is 30.0 Å². The molecule has 0 spiro atoms. The Balaban J connectivity index is 1.81. The van der Waals surface area contributed by atoms with Gasteiger partial charge in [-0.2, -0.15) is 5.10 Å². The zero-order valence-corrected chi connectivity index (χ0v) is 20.2. The van der Waals surface area contributed by atoms with E-state index in [2.05, 4.69) is 10.4 Å². The summed E-state index contributed by atoms with van der Waals surface area (Å²) in [5, 5.41) is 18.8. The van der Waals surface area contributed by atoms with Crippen molar-refractivity contribution < 1.29 is 19.4 Å². The predicted molar refractivity (Wildman–Crippen MR) is 124 cm³/mol. The van der Waals surface area contributed by atoms with Crippen LogP contribution in [0.1, 0.15) is 77.8 Å². The van der Waals surface area contributed by atoms with Crippen LogP contribution in [0, 0.1) is 0 Å². The van der Waals surface area contributed by atoms with Crippen LogP contribution in [0.15, 0.2) is 24.3 Å². The molecule has 2 heterocycles. The van der Waals surface area contributed by atoms with Crippen LogP contribution in [0.3, 0.4) is 0 Å². The lowest BCUT2D eigenvalue weighted by molar-refractivity contribution is 0.00779. The largest absolute Gasteiger partial charge is 0.444 e. The Kier molecular flexibility index (Phi) is 6.56. The van der Waals surface area contributed by atoms with Gasteiger partial charge < -0.3 is 20.1 Å². The Labute approximate surface area is 189 Å². The van der Waals surface area contributed by atoms with Crippen LogP contribution in [-0.4, -0.2) is 61.6 Å². The number of fused-ring (bicyclic) bond motifs is 1. The fraction of sp³-hybridized carbons (Fsp3) is 0.625. The summed E-state index contributed by atoms with van der Waals surface area (Å²) in [6.45, 7) is 13.3. The number of aromatic nitrogens is 2. The molecule has 2 N–H and O–H groups in total. The molecule has 1 aliphatic heterocycles. The molecule has 1 saturated heterocycles. The fourth-order valence-corrected chi connectivity index (χ4v) is 4.24. The highest BCUT2D eigenvalue weighted by atomic mass is 16.6. The monoisotopic (exact) mass is 444 g/mol. The van der Waals surface area contributed by atoms with Crippen molar-refractivity contribution in [2.24, 2.45) is 0 Å². The molecule has 2 amide bonds. The van der Waals surface area contributed by atoms with E-state index in [1.54, 1.807) is 18.7 Å². The smallest absolute Gasteiger partial charge is 0.410 e. The van der Waals surface area contributed by atoms with Gasteiger partial charge in [0.15, 0.2) is 5.69 Å². The van der Waals surface area contributed by atoms with Crippen molar-refractivity contribution in [1.82, 2.24) is 20.0 Å². The number of hydrogen-bond acceptors (Lipinski definition) is 5. The van der Waals surface area contributed by atoms with E-state index in [0.717, 1.165) is 10.9 Å². The summed E-state index contributed by atoms with van der Waals surface area (Å²) in [4.78, 5) is 27.6. The molecule has 3 rings (SSSR count). The summed E-state index contributed by atoms with van der Waals surface area (Å²) >= 11 is 0. The van der Waals surface area contributed by atoms with Crippen molar-refractivity contribution in [3.8, 4) is 0 Å². The minimum absolute atomic E-state index is 0.117. The van der Waals surface area contributed by atoms with Gasteiger partial charge in [0.25, 0.3) is 5.91 Å². The lowest BCUT2D eigenvalue weighted by Gasteiger charge is -2.31. The van der Waals surface area contributed by atoms with E-state index in [1.807, 2.05) is 63.6 Å². The highest BCUT2D eigenvalue weighted by Gasteiger charge is 2.40. The van der Waals surface area contributed by atoms with Gasteiger partial charge in [0.1, 0.15) is 5.60 Å². The molecule has 176 valence electrons. The quantitative estimate of drug-likeness (QED) is 0.729. The van der Waals surface area contributed by atoms with Gasteiger partial charge in [-0.3, -0.25) is 9.48 Å². The van der Waals surface area contributed by atoms with Gasteiger partial charge in [0.05, 0.1) is 11.1 Å². The van der Waals surface area contributed by atoms with Gasteiger partial charge in [-0.25, -0.2) is 4.79 Å². The molecule has 0 radical (unpaired) electrons. The van der Waals surface area contributed by atoms with Gasteiger partial charge in [0, 0.05) is 30.1 Å². The topological polar surface area (TPSA) is 96.7 Å². The van der Waals surface area contributed by atoms with Crippen LogP contribution in [0.25, 0.3) is 10.9 Å². The maximum atomic E-state index is 13.2. The van der Waals surface area contributed by atoms with Gasteiger partial charge in [0.2, 0.25) is 0 Å². The van der Waals surface area contributed by atoms with Crippen LogP contribution < -0.4 is 5.32 Å². The summed E-state index contributed by atoms with van der Waals surface area (Å²) in [5.74, 6) is -0.265. The standard InChI is InChI=1S/C24H36N4O4/c1-15(2)28-19-11-9-8-10-18(19)20(26-28)21(29)25-16-12-17(13-24(6,7)31)27(14-16)22(30)32-23(3,4)5/h8-11,15-17,31H,12-14H2,1-7H3,(H,25,29)/t16-,17-/m0/s1. The first kappa shape index (κ1) is 24.0. The average Bonchev–Trinajstić information content (AvgIpc) is 3.20. The molecule has 32 heavy (non-hydrogen) atoms. The Morgan fingerprint density at radius 2 is 1.88 bits per heavy atom. The fourth-order valence-electron chi connectivity index (χ4n) is 4.24. The van der Waals surface area contributed by atoms with Gasteiger partial charge >= 0.3 is 6.09 Å². The molecule has 2 atom stereocenters. The third-order valence-electron chi connectivity index (χ3n) is 5.43. The second kappa shape index (κ2) is 8.73. The molecular formula is C24H36N4O4. The Morgan fingerprint density at radius 3 is 2.47 bits per heavy atom. The summed E-state index contributed by atoms with van der Waals surface area (Å²) in [7, 11) is 0. The van der Waals surface area contributed by atoms with E-state index in [9.17, 15) is 14.7 Å². The minimum Gasteiger partial charge on any atom is -0.444 e. The summed E-state index contributed by atoms with van der Waals surface area (Å²) in [5.41, 5.74) is -0.283. The first-order valence-electron chi connectivity index (χ1n) is 11.3. The number of para-hydroxylation sites is 1. The van der Waals surface area contributed by atoms with Crippen LogP contribution in [-0.2, 0) is 4.74 Å². The maximum Gasteiger partial charge on any atom is 0.410 e. The highest BCUT2D eigenvalue weighted by molar-refractivity contribution is 6.05.